The van der Waals surface area contributed by atoms with Crippen LogP contribution in [-0.2, 0) is 0 Å². The Kier molecular flexibility index (Phi) is 7.06. The van der Waals surface area contributed by atoms with Gasteiger partial charge in [0.2, 0.25) is 0 Å². The van der Waals surface area contributed by atoms with Gasteiger partial charge in [-0.05, 0) is 109 Å². The van der Waals surface area contributed by atoms with Crippen LogP contribution >= 0.6 is 22.6 Å². The fourth-order valence-corrected chi connectivity index (χ4v) is 6.86. The molecule has 0 saturated carbocycles. The molecule has 0 fully saturated rings. The zero-order valence-corrected chi connectivity index (χ0v) is 28.0. The number of aromatic amines is 2. The highest BCUT2D eigenvalue weighted by atomic mass is 127. The van der Waals surface area contributed by atoms with E-state index < -0.39 is 0 Å². The summed E-state index contributed by atoms with van der Waals surface area (Å²) < 4.78 is 1.06. The molecule has 46 heavy (non-hydrogen) atoms. The number of nitrogens with zero attached hydrogens (tertiary/aromatic N) is 2. The summed E-state index contributed by atoms with van der Waals surface area (Å²) in [5.74, 6) is 0. The summed E-state index contributed by atoms with van der Waals surface area (Å²) in [6.45, 7) is 6.36. The first kappa shape index (κ1) is 28.5. The average molecular weight is 707 g/mol. The highest BCUT2D eigenvalue weighted by molar-refractivity contribution is 14.1. The fourth-order valence-electron chi connectivity index (χ4n) is 6.24. The normalized spacial score (nSPS) is 12.2. The number of rotatable bonds is 3. The summed E-state index contributed by atoms with van der Waals surface area (Å²) in [7, 11) is 0. The lowest BCUT2D eigenvalue weighted by molar-refractivity contribution is 1.30. The molecule has 2 aliphatic rings. The molecule has 0 saturated heterocycles. The third-order valence-corrected chi connectivity index (χ3v) is 9.84. The van der Waals surface area contributed by atoms with Crippen molar-refractivity contribution in [1.82, 2.24) is 19.9 Å². The van der Waals surface area contributed by atoms with Crippen LogP contribution in [0.2, 0.25) is 0 Å². The number of fused-ring (bicyclic) bond motifs is 8. The number of hydrogen-bond acceptors (Lipinski definition) is 2. The predicted molar refractivity (Wildman–Crippen MR) is 202 cm³/mol. The summed E-state index contributed by atoms with van der Waals surface area (Å²) in [5.41, 5.74) is 18.0. The van der Waals surface area contributed by atoms with Crippen LogP contribution in [-0.4, -0.2) is 19.9 Å². The van der Waals surface area contributed by atoms with Crippen molar-refractivity contribution in [2.24, 2.45) is 0 Å². The van der Waals surface area contributed by atoms with Crippen molar-refractivity contribution in [1.29, 1.82) is 0 Å². The number of aromatic nitrogens is 4. The zero-order valence-electron chi connectivity index (χ0n) is 25.8. The van der Waals surface area contributed by atoms with Gasteiger partial charge in [-0.3, -0.25) is 0 Å². The van der Waals surface area contributed by atoms with E-state index in [0.717, 1.165) is 81.8 Å². The highest BCUT2D eigenvalue weighted by Crippen LogP contribution is 2.37. The lowest BCUT2D eigenvalue weighted by Gasteiger charge is -2.07. The number of halogens is 1. The Bertz CT molecular complexity index is 2330. The Morgan fingerprint density at radius 1 is 0.391 bits per heavy atom. The lowest BCUT2D eigenvalue weighted by Crippen LogP contribution is -1.89. The molecule has 5 heterocycles. The van der Waals surface area contributed by atoms with E-state index in [9.17, 15) is 0 Å². The van der Waals surface area contributed by atoms with Crippen LogP contribution in [0.25, 0.3) is 79.8 Å². The van der Waals surface area contributed by atoms with Crippen molar-refractivity contribution >= 4 is 69.0 Å². The third kappa shape index (κ3) is 5.11. The van der Waals surface area contributed by atoms with Gasteiger partial charge < -0.3 is 9.97 Å². The molecule has 0 spiro atoms. The molecule has 6 aromatic rings. The van der Waals surface area contributed by atoms with Crippen LogP contribution in [0.1, 0.15) is 39.5 Å². The second kappa shape index (κ2) is 11.4. The maximum Gasteiger partial charge on any atom is 0.0792 e. The standard InChI is InChI=1S/C41H31IN4/c1-24-4-10-27(11-5-24)38-30-16-18-32(43-30)39(28-12-6-25(2)7-13-28)34-20-22-36(45-34)41(42)37-23-21-35(46-37)40(33-19-17-31(38)44-33)29-14-8-26(3)9-15-29/h4-23,43,46H,1-3H3. The fraction of sp³-hybridized carbons (Fsp3) is 0.0732. The molecule has 0 radical (unpaired) electrons. The van der Waals surface area contributed by atoms with E-state index in [1.807, 2.05) is 0 Å². The number of aryl methyl sites for hydroxylation is 3. The van der Waals surface area contributed by atoms with Crippen molar-refractivity contribution in [2.75, 3.05) is 0 Å². The number of hydrogen-bond donors (Lipinski definition) is 2. The topological polar surface area (TPSA) is 57.4 Å². The van der Waals surface area contributed by atoms with Gasteiger partial charge in [-0.1, -0.05) is 89.5 Å². The summed E-state index contributed by atoms with van der Waals surface area (Å²) in [6, 6.07) is 34.7. The quantitative estimate of drug-likeness (QED) is 0.180. The van der Waals surface area contributed by atoms with Crippen LogP contribution in [0.5, 0.6) is 0 Å². The second-order valence-electron chi connectivity index (χ2n) is 12.0. The van der Waals surface area contributed by atoms with Gasteiger partial charge in [0.25, 0.3) is 0 Å². The Balaban J connectivity index is 1.54. The molecular weight excluding hydrogens is 675 g/mol. The van der Waals surface area contributed by atoms with E-state index in [1.165, 1.54) is 16.7 Å². The Morgan fingerprint density at radius 3 is 1.09 bits per heavy atom. The Hall–Kier alpha value is -5.01. The molecule has 5 heteroatoms. The molecule has 2 N–H and O–H groups in total. The van der Waals surface area contributed by atoms with Gasteiger partial charge in [0.1, 0.15) is 0 Å². The van der Waals surface area contributed by atoms with E-state index in [0.29, 0.717) is 0 Å². The second-order valence-corrected chi connectivity index (χ2v) is 13.1. The van der Waals surface area contributed by atoms with Crippen molar-refractivity contribution < 1.29 is 0 Å². The average Bonchev–Trinajstić information content (AvgIpc) is 3.89. The minimum Gasteiger partial charge on any atom is -0.354 e. The van der Waals surface area contributed by atoms with Crippen molar-refractivity contribution in [3.63, 3.8) is 0 Å². The molecule has 0 aliphatic carbocycles. The molecule has 3 aromatic carbocycles. The molecular formula is C41H31IN4. The van der Waals surface area contributed by atoms with Crippen LogP contribution in [0.3, 0.4) is 0 Å². The summed E-state index contributed by atoms with van der Waals surface area (Å²) in [6.07, 6.45) is 8.54. The molecule has 8 rings (SSSR count). The minimum absolute atomic E-state index is 0.919. The number of nitrogens with one attached hydrogen (secondary N) is 2. The van der Waals surface area contributed by atoms with E-state index in [4.69, 9.17) is 9.97 Å². The van der Waals surface area contributed by atoms with Gasteiger partial charge in [-0.2, -0.15) is 0 Å². The van der Waals surface area contributed by atoms with Gasteiger partial charge in [0, 0.05) is 33.2 Å². The lowest BCUT2D eigenvalue weighted by atomic mass is 10.0. The molecule has 2 aliphatic heterocycles. The SMILES string of the molecule is Cc1ccc(-c2c3nc(c(-c4ccc(C)cc4)c4ccc([nH]4)c(-c4ccc(C)cc4)c4nc(c(I)c5ccc2[nH]5)C=C4)C=C3)cc1. The maximum absolute atomic E-state index is 5.34. The molecule has 4 nitrogen and oxygen atoms in total. The van der Waals surface area contributed by atoms with Gasteiger partial charge in [-0.15, -0.1) is 0 Å². The Morgan fingerprint density at radius 2 is 0.696 bits per heavy atom. The predicted octanol–water partition coefficient (Wildman–Crippen LogP) is 11.2. The van der Waals surface area contributed by atoms with Crippen molar-refractivity contribution in [2.45, 2.75) is 20.8 Å². The first-order valence-corrected chi connectivity index (χ1v) is 16.5. The molecule has 3 aromatic heterocycles. The molecule has 222 valence electrons. The Labute approximate surface area is 281 Å². The van der Waals surface area contributed by atoms with Crippen LogP contribution < -0.4 is 0 Å². The van der Waals surface area contributed by atoms with E-state index in [2.05, 4.69) is 175 Å². The van der Waals surface area contributed by atoms with Gasteiger partial charge in [0.15, 0.2) is 0 Å². The van der Waals surface area contributed by atoms with Gasteiger partial charge >= 0.3 is 0 Å². The van der Waals surface area contributed by atoms with Crippen molar-refractivity contribution in [3.05, 3.63) is 140 Å². The van der Waals surface area contributed by atoms with E-state index >= 15 is 0 Å². The van der Waals surface area contributed by atoms with Crippen LogP contribution in [0, 0.1) is 24.3 Å². The maximum atomic E-state index is 5.34. The smallest absolute Gasteiger partial charge is 0.0792 e. The molecule has 0 amide bonds. The first-order valence-electron chi connectivity index (χ1n) is 15.4. The summed E-state index contributed by atoms with van der Waals surface area (Å²) in [5, 5.41) is 0. The first-order chi connectivity index (χ1) is 22.4. The highest BCUT2D eigenvalue weighted by Gasteiger charge is 2.17. The van der Waals surface area contributed by atoms with E-state index in [-0.39, 0.29) is 0 Å². The van der Waals surface area contributed by atoms with E-state index in [1.54, 1.807) is 0 Å². The molecule has 0 atom stereocenters. The summed E-state index contributed by atoms with van der Waals surface area (Å²) in [4.78, 5) is 18.1. The molecule has 0 unspecified atom stereocenters. The minimum atomic E-state index is 0.919. The zero-order chi connectivity index (χ0) is 31.4. The largest absolute Gasteiger partial charge is 0.354 e. The van der Waals surface area contributed by atoms with Gasteiger partial charge in [-0.25, -0.2) is 9.97 Å². The monoisotopic (exact) mass is 706 g/mol. The van der Waals surface area contributed by atoms with Gasteiger partial charge in [0.05, 0.1) is 31.9 Å². The third-order valence-electron chi connectivity index (χ3n) is 8.71. The number of H-pyrrole nitrogens is 2. The van der Waals surface area contributed by atoms with Crippen molar-refractivity contribution in [3.8, 4) is 33.4 Å². The van der Waals surface area contributed by atoms with Crippen LogP contribution in [0.15, 0.2) is 97.1 Å². The summed E-state index contributed by atoms with van der Waals surface area (Å²) >= 11 is 2.42. The molecule has 8 bridgehead atoms. The number of benzene rings is 3. The van der Waals surface area contributed by atoms with Crippen LogP contribution in [0.4, 0.5) is 0 Å².